The van der Waals surface area contributed by atoms with Crippen LogP contribution in [0.3, 0.4) is 0 Å². The number of hydrogen-bond donors (Lipinski definition) is 2. The van der Waals surface area contributed by atoms with E-state index in [2.05, 4.69) is 15.7 Å². The molecule has 1 heterocycles. The van der Waals surface area contributed by atoms with Crippen LogP contribution in [0.5, 0.6) is 0 Å². The average molecular weight is 436 g/mol. The summed E-state index contributed by atoms with van der Waals surface area (Å²) in [6.07, 6.45) is 0. The Morgan fingerprint density at radius 3 is 2.16 bits per heavy atom. The van der Waals surface area contributed by atoms with Crippen molar-refractivity contribution in [3.05, 3.63) is 76.3 Å². The molecule has 0 fully saturated rings. The molecule has 1 aromatic heterocycles. The number of benzene rings is 2. The molecular weight excluding hydrogens is 411 g/mol. The maximum Gasteiger partial charge on any atom is 0.291 e. The van der Waals surface area contributed by atoms with Gasteiger partial charge in [0, 0.05) is 17.2 Å². The van der Waals surface area contributed by atoms with E-state index in [0.29, 0.717) is 11.4 Å². The molecule has 0 unspecified atom stereocenters. The van der Waals surface area contributed by atoms with Gasteiger partial charge in [-0.1, -0.05) is 43.7 Å². The fourth-order valence-electron chi connectivity index (χ4n) is 2.90. The minimum atomic E-state index is -0.993. The largest absolute Gasteiger partial charge is 0.324 e. The Hall–Kier alpha value is -3.81. The molecule has 0 spiro atoms. The van der Waals surface area contributed by atoms with E-state index in [1.807, 2.05) is 31.2 Å². The van der Waals surface area contributed by atoms with Crippen LogP contribution in [-0.2, 0) is 9.59 Å². The Labute approximate surface area is 185 Å². The number of nitrogens with zero attached hydrogens (tertiary/aromatic N) is 2. The van der Waals surface area contributed by atoms with Crippen LogP contribution >= 0.6 is 0 Å². The van der Waals surface area contributed by atoms with Gasteiger partial charge >= 0.3 is 0 Å². The van der Waals surface area contributed by atoms with Crippen molar-refractivity contribution in [3.63, 3.8) is 0 Å². The zero-order valence-electron chi connectivity index (χ0n) is 18.3. The molecule has 0 saturated carbocycles. The van der Waals surface area contributed by atoms with E-state index >= 15 is 0 Å². The number of carbonyl (C=O) groups is 2. The zero-order chi connectivity index (χ0) is 23.4. The summed E-state index contributed by atoms with van der Waals surface area (Å²) in [7, 11) is 0. The smallest absolute Gasteiger partial charge is 0.291 e. The predicted molar refractivity (Wildman–Crippen MR) is 122 cm³/mol. The number of hydrogen-bond acceptors (Lipinski definition) is 4. The summed E-state index contributed by atoms with van der Waals surface area (Å²) in [4.78, 5) is 38.1. The third kappa shape index (κ3) is 5.26. The van der Waals surface area contributed by atoms with Crippen molar-refractivity contribution >= 4 is 23.2 Å². The number of amides is 2. The summed E-state index contributed by atoms with van der Waals surface area (Å²) < 4.78 is 14.2. The molecule has 2 N–H and O–H groups in total. The number of halogens is 1. The zero-order valence-corrected chi connectivity index (χ0v) is 18.3. The Morgan fingerprint density at radius 2 is 1.56 bits per heavy atom. The van der Waals surface area contributed by atoms with Gasteiger partial charge in [0.15, 0.2) is 0 Å². The lowest BCUT2D eigenvalue weighted by Gasteiger charge is -2.17. The number of rotatable bonds is 6. The number of aromatic nitrogens is 2. The normalized spacial score (nSPS) is 11.8. The Morgan fingerprint density at radius 1 is 0.938 bits per heavy atom. The van der Waals surface area contributed by atoms with Crippen molar-refractivity contribution in [2.75, 3.05) is 10.6 Å². The molecule has 3 rings (SSSR count). The second-order valence-corrected chi connectivity index (χ2v) is 7.88. The number of carbonyl (C=O) groups excluding carboxylic acids is 2. The quantitative estimate of drug-likeness (QED) is 0.607. The molecule has 0 radical (unpaired) electrons. The molecule has 1 atom stereocenters. The predicted octanol–water partition coefficient (Wildman–Crippen LogP) is 4.15. The van der Waals surface area contributed by atoms with E-state index in [9.17, 15) is 18.8 Å². The SMILES string of the molecule is Cc1ccc(-c2cc(NC(=O)C(C)C)c(=O)n([C@H](C)C(=O)Nc3ccc(F)cc3)n2)cc1. The fourth-order valence-corrected chi connectivity index (χ4v) is 2.90. The second kappa shape index (κ2) is 9.55. The van der Waals surface area contributed by atoms with E-state index in [4.69, 9.17) is 0 Å². The minimum absolute atomic E-state index is 0.0377. The molecule has 7 nitrogen and oxygen atoms in total. The van der Waals surface area contributed by atoms with E-state index in [1.165, 1.54) is 37.3 Å². The van der Waals surface area contributed by atoms with Gasteiger partial charge in [-0.3, -0.25) is 14.4 Å². The summed E-state index contributed by atoms with van der Waals surface area (Å²) in [5.74, 6) is -1.59. The highest BCUT2D eigenvalue weighted by molar-refractivity contribution is 5.94. The topological polar surface area (TPSA) is 93.1 Å². The lowest BCUT2D eigenvalue weighted by atomic mass is 10.1. The number of aryl methyl sites for hydroxylation is 1. The van der Waals surface area contributed by atoms with Crippen LogP contribution in [0, 0.1) is 18.7 Å². The Bertz CT molecular complexity index is 1190. The van der Waals surface area contributed by atoms with Gasteiger partial charge in [-0.15, -0.1) is 0 Å². The van der Waals surface area contributed by atoms with Gasteiger partial charge in [0.1, 0.15) is 17.5 Å². The van der Waals surface area contributed by atoms with Gasteiger partial charge in [0.2, 0.25) is 11.8 Å². The van der Waals surface area contributed by atoms with Gasteiger partial charge in [-0.2, -0.15) is 5.10 Å². The monoisotopic (exact) mass is 436 g/mol. The van der Waals surface area contributed by atoms with Crippen LogP contribution in [0.25, 0.3) is 11.3 Å². The summed E-state index contributed by atoms with van der Waals surface area (Å²) in [5, 5.41) is 9.68. The lowest BCUT2D eigenvalue weighted by molar-refractivity contribution is -0.119. The highest BCUT2D eigenvalue weighted by Crippen LogP contribution is 2.21. The first-order chi connectivity index (χ1) is 15.2. The number of anilines is 2. The van der Waals surface area contributed by atoms with Gasteiger partial charge < -0.3 is 10.6 Å². The van der Waals surface area contributed by atoms with Crippen molar-refractivity contribution < 1.29 is 14.0 Å². The maximum atomic E-state index is 13.1. The molecule has 0 aliphatic carbocycles. The van der Waals surface area contributed by atoms with Crippen molar-refractivity contribution in [3.8, 4) is 11.3 Å². The van der Waals surface area contributed by atoms with Crippen LogP contribution in [-0.4, -0.2) is 21.6 Å². The molecule has 0 saturated heterocycles. The van der Waals surface area contributed by atoms with E-state index in [-0.39, 0.29) is 17.5 Å². The summed E-state index contributed by atoms with van der Waals surface area (Å²) in [6, 6.07) is 13.3. The summed E-state index contributed by atoms with van der Waals surface area (Å²) >= 11 is 0. The van der Waals surface area contributed by atoms with Gasteiger partial charge in [-0.25, -0.2) is 9.07 Å². The van der Waals surface area contributed by atoms with E-state index < -0.39 is 23.3 Å². The summed E-state index contributed by atoms with van der Waals surface area (Å²) in [5.41, 5.74) is 2.05. The van der Waals surface area contributed by atoms with Crippen LogP contribution in [0.15, 0.2) is 59.4 Å². The molecule has 0 aliphatic rings. The van der Waals surface area contributed by atoms with Crippen LogP contribution in [0.4, 0.5) is 15.8 Å². The first-order valence-electron chi connectivity index (χ1n) is 10.2. The molecule has 2 amide bonds. The van der Waals surface area contributed by atoms with E-state index in [1.54, 1.807) is 13.8 Å². The van der Waals surface area contributed by atoms with Crippen LogP contribution < -0.4 is 16.2 Å². The average Bonchev–Trinajstić information content (AvgIpc) is 2.76. The molecule has 166 valence electrons. The first-order valence-corrected chi connectivity index (χ1v) is 10.2. The third-order valence-corrected chi connectivity index (χ3v) is 4.92. The maximum absolute atomic E-state index is 13.1. The van der Waals surface area contributed by atoms with Gasteiger partial charge in [0.05, 0.1) is 5.69 Å². The van der Waals surface area contributed by atoms with Gasteiger partial charge in [-0.05, 0) is 44.2 Å². The molecule has 8 heteroatoms. The third-order valence-electron chi connectivity index (χ3n) is 4.92. The van der Waals surface area contributed by atoms with E-state index in [0.717, 1.165) is 15.8 Å². The highest BCUT2D eigenvalue weighted by Gasteiger charge is 2.22. The molecule has 2 aromatic carbocycles. The molecule has 3 aromatic rings. The molecule has 32 heavy (non-hydrogen) atoms. The lowest BCUT2D eigenvalue weighted by Crippen LogP contribution is -2.36. The number of nitrogens with one attached hydrogen (secondary N) is 2. The minimum Gasteiger partial charge on any atom is -0.324 e. The highest BCUT2D eigenvalue weighted by atomic mass is 19.1. The molecule has 0 aliphatic heterocycles. The van der Waals surface area contributed by atoms with Crippen molar-refractivity contribution in [2.45, 2.75) is 33.7 Å². The fraction of sp³-hybridized carbons (Fsp3) is 0.250. The Kier molecular flexibility index (Phi) is 6.82. The van der Waals surface area contributed by atoms with Crippen molar-refractivity contribution in [1.82, 2.24) is 9.78 Å². The van der Waals surface area contributed by atoms with Crippen LogP contribution in [0.1, 0.15) is 32.4 Å². The summed E-state index contributed by atoms with van der Waals surface area (Å²) in [6.45, 7) is 6.91. The standard InChI is InChI=1S/C24H25FN4O3/c1-14(2)22(30)27-21-13-20(17-7-5-15(3)6-8-17)28-29(24(21)32)16(4)23(31)26-19-11-9-18(25)10-12-19/h5-14,16H,1-4H3,(H,26,31)(H,27,30)/t16-/m1/s1. The first kappa shape index (κ1) is 22.9. The van der Waals surface area contributed by atoms with Gasteiger partial charge in [0.25, 0.3) is 5.56 Å². The molecule has 0 bridgehead atoms. The van der Waals surface area contributed by atoms with Crippen molar-refractivity contribution in [1.29, 1.82) is 0 Å². The Balaban J connectivity index is 2.01. The second-order valence-electron chi connectivity index (χ2n) is 7.88. The van der Waals surface area contributed by atoms with Crippen LogP contribution in [0.2, 0.25) is 0 Å². The van der Waals surface area contributed by atoms with Crippen molar-refractivity contribution in [2.24, 2.45) is 5.92 Å². The molecular formula is C24H25FN4O3.